The highest BCUT2D eigenvalue weighted by molar-refractivity contribution is 5.94. The number of aliphatic hydroxyl groups is 1. The van der Waals surface area contributed by atoms with Gasteiger partial charge in [-0.2, -0.15) is 0 Å². The summed E-state index contributed by atoms with van der Waals surface area (Å²) in [7, 11) is 1.60. The number of carbonyl (C=O) groups excluding carboxylic acids is 1. The number of hydrogen-bond acceptors (Lipinski definition) is 3. The second-order valence-electron chi connectivity index (χ2n) is 5.26. The van der Waals surface area contributed by atoms with Crippen LogP contribution in [-0.2, 0) is 11.2 Å². The van der Waals surface area contributed by atoms with E-state index in [1.165, 1.54) is 15.4 Å². The summed E-state index contributed by atoms with van der Waals surface area (Å²) in [5.41, 5.74) is 1.86. The van der Waals surface area contributed by atoms with Gasteiger partial charge in [-0.25, -0.2) is 9.59 Å². The first-order valence-corrected chi connectivity index (χ1v) is 6.98. The molecule has 1 aromatic rings. The number of carboxylic acids is 1. The van der Waals surface area contributed by atoms with E-state index in [9.17, 15) is 14.7 Å². The lowest BCUT2D eigenvalue weighted by molar-refractivity contribution is -0.141. The summed E-state index contributed by atoms with van der Waals surface area (Å²) in [6, 6.07) is 6.16. The highest BCUT2D eigenvalue weighted by Crippen LogP contribution is 2.22. The Bertz CT molecular complexity index is 529. The number of benzene rings is 1. The molecule has 1 aliphatic heterocycles. The van der Waals surface area contributed by atoms with Crippen molar-refractivity contribution < 1.29 is 19.8 Å². The van der Waals surface area contributed by atoms with Crippen molar-refractivity contribution in [3.05, 3.63) is 29.8 Å². The van der Waals surface area contributed by atoms with Crippen LogP contribution in [0.25, 0.3) is 0 Å². The molecule has 1 saturated heterocycles. The van der Waals surface area contributed by atoms with Crippen LogP contribution in [0.1, 0.15) is 18.9 Å². The molecule has 2 rings (SSSR count). The molecular weight excluding hydrogens is 272 g/mol. The molecule has 2 atom stereocenters. The van der Waals surface area contributed by atoms with Gasteiger partial charge in [0.15, 0.2) is 0 Å². The Balaban J connectivity index is 2.15. The maximum Gasteiger partial charge on any atom is 0.326 e. The average Bonchev–Trinajstić information content (AvgIpc) is 2.88. The number of nitrogens with zero attached hydrogens (tertiary/aromatic N) is 2. The minimum absolute atomic E-state index is 0.0488. The van der Waals surface area contributed by atoms with Crippen LogP contribution in [0.15, 0.2) is 24.3 Å². The topological polar surface area (TPSA) is 81.1 Å². The summed E-state index contributed by atoms with van der Waals surface area (Å²) in [5, 5.41) is 18.8. The van der Waals surface area contributed by atoms with Gasteiger partial charge in [-0.05, 0) is 24.1 Å². The van der Waals surface area contributed by atoms with E-state index in [0.717, 1.165) is 6.42 Å². The zero-order chi connectivity index (χ0) is 15.6. The maximum atomic E-state index is 12.4. The lowest BCUT2D eigenvalue weighted by Gasteiger charge is -2.27. The largest absolute Gasteiger partial charge is 0.480 e. The van der Waals surface area contributed by atoms with Gasteiger partial charge in [0.25, 0.3) is 0 Å². The van der Waals surface area contributed by atoms with Gasteiger partial charge in [-0.3, -0.25) is 4.90 Å². The van der Waals surface area contributed by atoms with E-state index in [2.05, 4.69) is 0 Å². The smallest absolute Gasteiger partial charge is 0.326 e. The number of rotatable bonds is 3. The van der Waals surface area contributed by atoms with Crippen LogP contribution in [0.2, 0.25) is 0 Å². The molecule has 21 heavy (non-hydrogen) atoms. The third-order valence-electron chi connectivity index (χ3n) is 3.83. The Morgan fingerprint density at radius 3 is 2.48 bits per heavy atom. The Morgan fingerprint density at radius 1 is 1.33 bits per heavy atom. The van der Waals surface area contributed by atoms with Crippen molar-refractivity contribution in [2.24, 2.45) is 0 Å². The van der Waals surface area contributed by atoms with E-state index in [1.807, 2.05) is 31.2 Å². The van der Waals surface area contributed by atoms with E-state index >= 15 is 0 Å². The van der Waals surface area contributed by atoms with Crippen LogP contribution < -0.4 is 4.90 Å². The van der Waals surface area contributed by atoms with Crippen molar-refractivity contribution in [2.45, 2.75) is 31.9 Å². The molecule has 114 valence electrons. The summed E-state index contributed by atoms with van der Waals surface area (Å²) in [6.45, 7) is 2.10. The number of hydrogen-bond donors (Lipinski definition) is 2. The van der Waals surface area contributed by atoms with Gasteiger partial charge >= 0.3 is 12.0 Å². The Hall–Kier alpha value is -2.08. The molecule has 2 unspecified atom stereocenters. The Kier molecular flexibility index (Phi) is 4.47. The minimum Gasteiger partial charge on any atom is -0.480 e. The lowest BCUT2D eigenvalue weighted by atomic mass is 10.1. The summed E-state index contributed by atoms with van der Waals surface area (Å²) in [4.78, 5) is 26.2. The SMILES string of the molecule is CCc1ccc(N(C)C(=O)N2CC(O)CC2C(=O)O)cc1. The van der Waals surface area contributed by atoms with Gasteiger partial charge in [0.1, 0.15) is 6.04 Å². The van der Waals surface area contributed by atoms with Crippen molar-refractivity contribution in [1.82, 2.24) is 4.90 Å². The van der Waals surface area contributed by atoms with Gasteiger partial charge in [0.2, 0.25) is 0 Å². The number of aliphatic carboxylic acids is 1. The molecule has 0 aliphatic carbocycles. The van der Waals surface area contributed by atoms with E-state index in [4.69, 9.17) is 5.11 Å². The number of carboxylic acid groups (broad SMARTS) is 1. The number of aliphatic hydroxyl groups excluding tert-OH is 1. The molecule has 2 amide bonds. The van der Waals surface area contributed by atoms with E-state index < -0.39 is 24.1 Å². The summed E-state index contributed by atoms with van der Waals surface area (Å²) in [6.07, 6.45) is 0.201. The molecule has 2 N–H and O–H groups in total. The summed E-state index contributed by atoms with van der Waals surface area (Å²) >= 11 is 0. The van der Waals surface area contributed by atoms with Crippen LogP contribution in [0, 0.1) is 0 Å². The fraction of sp³-hybridized carbons (Fsp3) is 0.467. The number of anilines is 1. The molecule has 1 aliphatic rings. The first-order chi connectivity index (χ1) is 9.93. The molecule has 0 radical (unpaired) electrons. The number of carbonyl (C=O) groups is 2. The monoisotopic (exact) mass is 292 g/mol. The van der Waals surface area contributed by atoms with Crippen molar-refractivity contribution in [1.29, 1.82) is 0 Å². The minimum atomic E-state index is -1.09. The van der Waals surface area contributed by atoms with Crippen LogP contribution in [0.4, 0.5) is 10.5 Å². The predicted octanol–water partition coefficient (Wildman–Crippen LogP) is 1.32. The maximum absolute atomic E-state index is 12.4. The molecule has 1 aromatic carbocycles. The summed E-state index contributed by atoms with van der Waals surface area (Å²) < 4.78 is 0. The van der Waals surface area contributed by atoms with Gasteiger partial charge in [-0.15, -0.1) is 0 Å². The number of amides is 2. The van der Waals surface area contributed by atoms with Crippen molar-refractivity contribution in [2.75, 3.05) is 18.5 Å². The number of urea groups is 1. The fourth-order valence-corrected chi connectivity index (χ4v) is 2.52. The number of aryl methyl sites for hydroxylation is 1. The van der Waals surface area contributed by atoms with Crippen molar-refractivity contribution in [3.63, 3.8) is 0 Å². The Labute approximate surface area is 123 Å². The molecule has 1 heterocycles. The normalized spacial score (nSPS) is 21.4. The molecule has 0 saturated carbocycles. The quantitative estimate of drug-likeness (QED) is 0.880. The molecule has 0 spiro atoms. The molecule has 0 bridgehead atoms. The van der Waals surface area contributed by atoms with Gasteiger partial charge < -0.3 is 15.1 Å². The molecule has 6 heteroatoms. The van der Waals surface area contributed by atoms with Gasteiger partial charge in [0, 0.05) is 25.7 Å². The van der Waals surface area contributed by atoms with E-state index in [-0.39, 0.29) is 13.0 Å². The van der Waals surface area contributed by atoms with Crippen molar-refractivity contribution in [3.8, 4) is 0 Å². The zero-order valence-electron chi connectivity index (χ0n) is 12.2. The highest BCUT2D eigenvalue weighted by Gasteiger charge is 2.40. The molecule has 0 aromatic heterocycles. The highest BCUT2D eigenvalue weighted by atomic mass is 16.4. The fourth-order valence-electron chi connectivity index (χ4n) is 2.52. The second-order valence-corrected chi connectivity index (χ2v) is 5.26. The number of β-amino-alcohol motifs (C(OH)–C–C–N with tert-alkyl or cyclic N) is 1. The first-order valence-electron chi connectivity index (χ1n) is 6.98. The van der Waals surface area contributed by atoms with Crippen LogP contribution >= 0.6 is 0 Å². The second kappa shape index (κ2) is 6.13. The molecular formula is C15H20N2O4. The Morgan fingerprint density at radius 2 is 1.95 bits per heavy atom. The van der Waals surface area contributed by atoms with Gasteiger partial charge in [-0.1, -0.05) is 19.1 Å². The van der Waals surface area contributed by atoms with Crippen LogP contribution in [0.3, 0.4) is 0 Å². The van der Waals surface area contributed by atoms with E-state index in [0.29, 0.717) is 5.69 Å². The standard InChI is InChI=1S/C15H20N2O4/c1-3-10-4-6-11(7-5-10)16(2)15(21)17-9-12(18)8-13(17)14(19)20/h4-7,12-13,18H,3,8-9H2,1-2H3,(H,19,20). The number of likely N-dealkylation sites (tertiary alicyclic amines) is 1. The predicted molar refractivity (Wildman–Crippen MR) is 78.4 cm³/mol. The molecule has 6 nitrogen and oxygen atoms in total. The molecule has 1 fully saturated rings. The average molecular weight is 292 g/mol. The third kappa shape index (κ3) is 3.16. The van der Waals surface area contributed by atoms with Crippen LogP contribution in [-0.4, -0.2) is 52.9 Å². The first kappa shape index (κ1) is 15.3. The van der Waals surface area contributed by atoms with Crippen LogP contribution in [0.5, 0.6) is 0 Å². The van der Waals surface area contributed by atoms with Crippen molar-refractivity contribution >= 4 is 17.7 Å². The lowest BCUT2D eigenvalue weighted by Crippen LogP contribution is -2.47. The third-order valence-corrected chi connectivity index (χ3v) is 3.83. The zero-order valence-corrected chi connectivity index (χ0v) is 12.2. The summed E-state index contributed by atoms with van der Waals surface area (Å²) in [5.74, 6) is -1.09. The van der Waals surface area contributed by atoms with E-state index in [1.54, 1.807) is 7.05 Å². The van der Waals surface area contributed by atoms with Gasteiger partial charge in [0.05, 0.1) is 6.10 Å².